The highest BCUT2D eigenvalue weighted by atomic mass is 16.5. The van der Waals surface area contributed by atoms with Crippen LogP contribution in [-0.4, -0.2) is 40.1 Å². The first-order chi connectivity index (χ1) is 9.65. The number of aromatic nitrogens is 2. The van der Waals surface area contributed by atoms with Crippen molar-refractivity contribution < 1.29 is 9.32 Å². The third-order valence-corrected chi connectivity index (χ3v) is 3.43. The van der Waals surface area contributed by atoms with Gasteiger partial charge in [0.15, 0.2) is 5.82 Å². The van der Waals surface area contributed by atoms with E-state index in [-0.39, 0.29) is 11.9 Å². The summed E-state index contributed by atoms with van der Waals surface area (Å²) in [6.45, 7) is 3.03. The van der Waals surface area contributed by atoms with Gasteiger partial charge in [-0.1, -0.05) is 17.3 Å². The van der Waals surface area contributed by atoms with Crippen LogP contribution in [0.5, 0.6) is 0 Å². The van der Waals surface area contributed by atoms with Gasteiger partial charge in [-0.3, -0.25) is 4.79 Å². The minimum Gasteiger partial charge on any atom is -0.337 e. The lowest BCUT2D eigenvalue weighted by molar-refractivity contribution is 0.0791. The van der Waals surface area contributed by atoms with Crippen LogP contribution >= 0.6 is 0 Å². The van der Waals surface area contributed by atoms with Crippen molar-refractivity contribution in [1.82, 2.24) is 15.0 Å². The number of aryl methyl sites for hydroxylation is 1. The molecule has 0 saturated carbocycles. The number of amides is 1. The molecule has 1 atom stereocenters. The summed E-state index contributed by atoms with van der Waals surface area (Å²) in [5, 5.41) is 3.77. The van der Waals surface area contributed by atoms with Crippen LogP contribution in [0.15, 0.2) is 28.8 Å². The standard InChI is InChI=1S/C14H16N4O2/c1-9-16-13(20-17-9)11-4-2-3-5-12(11)14(19)18-7-6-10(15)8-18/h2-5,10H,6-8,15H2,1H3/t10-/m1/s1. The van der Waals surface area contributed by atoms with Crippen LogP contribution in [0.2, 0.25) is 0 Å². The summed E-state index contributed by atoms with van der Waals surface area (Å²) < 4.78 is 5.17. The molecule has 1 aliphatic rings. The average molecular weight is 272 g/mol. The van der Waals surface area contributed by atoms with Crippen LogP contribution in [0.1, 0.15) is 22.6 Å². The summed E-state index contributed by atoms with van der Waals surface area (Å²) in [4.78, 5) is 18.5. The van der Waals surface area contributed by atoms with E-state index in [2.05, 4.69) is 10.1 Å². The van der Waals surface area contributed by atoms with Gasteiger partial charge in [0.05, 0.1) is 11.1 Å². The van der Waals surface area contributed by atoms with Crippen molar-refractivity contribution in [3.8, 4) is 11.5 Å². The lowest BCUT2D eigenvalue weighted by Crippen LogP contribution is -2.32. The molecule has 3 rings (SSSR count). The Labute approximate surface area is 116 Å². The Bertz CT molecular complexity index is 638. The maximum Gasteiger partial charge on any atom is 0.258 e. The number of benzene rings is 1. The highest BCUT2D eigenvalue weighted by Crippen LogP contribution is 2.24. The molecule has 1 aromatic heterocycles. The summed E-state index contributed by atoms with van der Waals surface area (Å²) in [6, 6.07) is 7.34. The SMILES string of the molecule is Cc1noc(-c2ccccc2C(=O)N2CC[C@@H](N)C2)n1. The molecule has 104 valence electrons. The smallest absolute Gasteiger partial charge is 0.258 e. The van der Waals surface area contributed by atoms with Crippen molar-refractivity contribution in [2.24, 2.45) is 5.73 Å². The third-order valence-electron chi connectivity index (χ3n) is 3.43. The number of hydrogen-bond donors (Lipinski definition) is 1. The van der Waals surface area contributed by atoms with Gasteiger partial charge in [0.1, 0.15) is 0 Å². The largest absolute Gasteiger partial charge is 0.337 e. The minimum absolute atomic E-state index is 0.0376. The van der Waals surface area contributed by atoms with E-state index in [0.717, 1.165) is 6.42 Å². The molecule has 20 heavy (non-hydrogen) atoms. The van der Waals surface area contributed by atoms with E-state index in [0.29, 0.717) is 35.9 Å². The number of nitrogens with zero attached hydrogens (tertiary/aromatic N) is 3. The minimum atomic E-state index is -0.0376. The zero-order valence-electron chi connectivity index (χ0n) is 11.2. The van der Waals surface area contributed by atoms with E-state index in [1.807, 2.05) is 18.2 Å². The molecular weight excluding hydrogens is 256 g/mol. The quantitative estimate of drug-likeness (QED) is 0.888. The molecule has 0 unspecified atom stereocenters. The fourth-order valence-electron chi connectivity index (χ4n) is 2.40. The second-order valence-electron chi connectivity index (χ2n) is 4.99. The maximum atomic E-state index is 12.6. The Morgan fingerprint density at radius 3 is 2.90 bits per heavy atom. The molecule has 0 spiro atoms. The monoisotopic (exact) mass is 272 g/mol. The predicted molar refractivity (Wildman–Crippen MR) is 73.0 cm³/mol. The Balaban J connectivity index is 1.95. The van der Waals surface area contributed by atoms with Gasteiger partial charge in [-0.2, -0.15) is 4.98 Å². The third kappa shape index (κ3) is 2.30. The van der Waals surface area contributed by atoms with Gasteiger partial charge in [0.25, 0.3) is 11.8 Å². The first-order valence-electron chi connectivity index (χ1n) is 6.59. The fraction of sp³-hybridized carbons (Fsp3) is 0.357. The van der Waals surface area contributed by atoms with E-state index < -0.39 is 0 Å². The Hall–Kier alpha value is -2.21. The molecule has 1 aliphatic heterocycles. The van der Waals surface area contributed by atoms with Crippen LogP contribution in [0.3, 0.4) is 0 Å². The molecule has 6 nitrogen and oxygen atoms in total. The van der Waals surface area contributed by atoms with Crippen LogP contribution in [0, 0.1) is 6.92 Å². The predicted octanol–water partition coefficient (Wildman–Crippen LogP) is 1.22. The van der Waals surface area contributed by atoms with Crippen molar-refractivity contribution in [1.29, 1.82) is 0 Å². The normalized spacial score (nSPS) is 18.5. The van der Waals surface area contributed by atoms with Gasteiger partial charge in [0.2, 0.25) is 0 Å². The number of likely N-dealkylation sites (tertiary alicyclic amines) is 1. The molecule has 2 heterocycles. The number of carbonyl (C=O) groups is 1. The molecule has 1 saturated heterocycles. The summed E-state index contributed by atoms with van der Waals surface area (Å²) in [5.41, 5.74) is 7.10. The highest BCUT2D eigenvalue weighted by molar-refractivity contribution is 6.00. The fourth-order valence-corrected chi connectivity index (χ4v) is 2.40. The number of hydrogen-bond acceptors (Lipinski definition) is 5. The Kier molecular flexibility index (Phi) is 3.23. The van der Waals surface area contributed by atoms with E-state index in [1.54, 1.807) is 17.9 Å². The molecule has 6 heteroatoms. The van der Waals surface area contributed by atoms with Gasteiger partial charge < -0.3 is 15.2 Å². The maximum absolute atomic E-state index is 12.6. The van der Waals surface area contributed by atoms with Crippen molar-refractivity contribution in [2.75, 3.05) is 13.1 Å². The molecule has 2 N–H and O–H groups in total. The van der Waals surface area contributed by atoms with Crippen LogP contribution in [-0.2, 0) is 0 Å². The summed E-state index contributed by atoms with van der Waals surface area (Å²) in [5.74, 6) is 0.879. The van der Waals surface area contributed by atoms with Crippen molar-refractivity contribution in [2.45, 2.75) is 19.4 Å². The lowest BCUT2D eigenvalue weighted by Gasteiger charge is -2.17. The lowest BCUT2D eigenvalue weighted by atomic mass is 10.1. The number of rotatable bonds is 2. The Morgan fingerprint density at radius 1 is 1.45 bits per heavy atom. The topological polar surface area (TPSA) is 85.2 Å². The van der Waals surface area contributed by atoms with E-state index in [4.69, 9.17) is 10.3 Å². The van der Waals surface area contributed by atoms with E-state index in [9.17, 15) is 4.79 Å². The summed E-state index contributed by atoms with van der Waals surface area (Å²) in [7, 11) is 0. The van der Waals surface area contributed by atoms with Gasteiger partial charge in [-0.05, 0) is 25.5 Å². The van der Waals surface area contributed by atoms with Crippen molar-refractivity contribution in [3.63, 3.8) is 0 Å². The molecule has 0 aliphatic carbocycles. The second kappa shape index (κ2) is 5.05. The molecule has 0 bridgehead atoms. The number of nitrogens with two attached hydrogens (primary N) is 1. The van der Waals surface area contributed by atoms with Gasteiger partial charge in [-0.25, -0.2) is 0 Å². The second-order valence-corrected chi connectivity index (χ2v) is 4.99. The van der Waals surface area contributed by atoms with Gasteiger partial charge in [0, 0.05) is 19.1 Å². The van der Waals surface area contributed by atoms with Gasteiger partial charge >= 0.3 is 0 Å². The highest BCUT2D eigenvalue weighted by Gasteiger charge is 2.27. The molecule has 0 radical (unpaired) electrons. The van der Waals surface area contributed by atoms with Crippen molar-refractivity contribution in [3.05, 3.63) is 35.7 Å². The van der Waals surface area contributed by atoms with Gasteiger partial charge in [-0.15, -0.1) is 0 Å². The van der Waals surface area contributed by atoms with E-state index >= 15 is 0 Å². The zero-order chi connectivity index (χ0) is 14.1. The molecule has 1 fully saturated rings. The summed E-state index contributed by atoms with van der Waals surface area (Å²) >= 11 is 0. The van der Waals surface area contributed by atoms with E-state index in [1.165, 1.54) is 0 Å². The summed E-state index contributed by atoms with van der Waals surface area (Å²) in [6.07, 6.45) is 0.841. The molecule has 1 aromatic carbocycles. The molecular formula is C14H16N4O2. The van der Waals surface area contributed by atoms with Crippen molar-refractivity contribution >= 4 is 5.91 Å². The van der Waals surface area contributed by atoms with Crippen LogP contribution < -0.4 is 5.73 Å². The first kappa shape index (κ1) is 12.8. The first-order valence-corrected chi connectivity index (χ1v) is 6.59. The van der Waals surface area contributed by atoms with Crippen LogP contribution in [0.25, 0.3) is 11.5 Å². The zero-order valence-corrected chi connectivity index (χ0v) is 11.2. The average Bonchev–Trinajstić information content (AvgIpc) is 3.07. The Morgan fingerprint density at radius 2 is 2.25 bits per heavy atom. The molecule has 2 aromatic rings. The van der Waals surface area contributed by atoms with Crippen LogP contribution in [0.4, 0.5) is 0 Å². The molecule has 1 amide bonds. The number of carbonyl (C=O) groups excluding carboxylic acids is 1.